The molecular weight excluding hydrogens is 204 g/mol. The van der Waals surface area contributed by atoms with E-state index < -0.39 is 0 Å². The molecule has 0 heterocycles. The Bertz CT molecular complexity index is 344. The van der Waals surface area contributed by atoms with Crippen molar-refractivity contribution in [2.45, 2.75) is 26.2 Å². The average Bonchev–Trinajstić information content (AvgIpc) is 2.16. The van der Waals surface area contributed by atoms with Crippen molar-refractivity contribution in [2.24, 2.45) is 0 Å². The van der Waals surface area contributed by atoms with Crippen molar-refractivity contribution < 1.29 is 9.53 Å². The second-order valence-electron chi connectivity index (χ2n) is 3.73. The molecule has 0 bridgehead atoms. The molecule has 0 radical (unpaired) electrons. The Morgan fingerprint density at radius 3 is 2.44 bits per heavy atom. The molecule has 0 amide bonds. The van der Waals surface area contributed by atoms with E-state index in [1.165, 1.54) is 0 Å². The topological polar surface area (TPSA) is 78.3 Å². The van der Waals surface area contributed by atoms with Gasteiger partial charge in [0.25, 0.3) is 0 Å². The number of carbonyl (C=O) groups is 1. The lowest BCUT2D eigenvalue weighted by atomic mass is 10.1. The maximum atomic E-state index is 11.1. The number of anilines is 2. The van der Waals surface area contributed by atoms with E-state index in [-0.39, 0.29) is 5.97 Å². The predicted octanol–water partition coefficient (Wildman–Crippen LogP) is 1.74. The number of rotatable bonds is 5. The van der Waals surface area contributed by atoms with E-state index in [1.807, 2.05) is 19.1 Å². The summed E-state index contributed by atoms with van der Waals surface area (Å²) in [4.78, 5) is 11.1. The van der Waals surface area contributed by atoms with E-state index in [9.17, 15) is 4.79 Å². The van der Waals surface area contributed by atoms with Crippen LogP contribution < -0.4 is 11.5 Å². The molecule has 4 N–H and O–H groups in total. The van der Waals surface area contributed by atoms with Crippen LogP contribution in [0.2, 0.25) is 0 Å². The Morgan fingerprint density at radius 2 is 1.88 bits per heavy atom. The minimum absolute atomic E-state index is 0.153. The van der Waals surface area contributed by atoms with Crippen LogP contribution in [0.15, 0.2) is 18.2 Å². The van der Waals surface area contributed by atoms with Gasteiger partial charge < -0.3 is 16.2 Å². The first kappa shape index (κ1) is 12.4. The summed E-state index contributed by atoms with van der Waals surface area (Å²) in [5, 5.41) is 0. The van der Waals surface area contributed by atoms with E-state index in [1.54, 1.807) is 6.07 Å². The number of ether oxygens (including phenoxy) is 1. The Hall–Kier alpha value is -1.71. The van der Waals surface area contributed by atoms with E-state index in [0.29, 0.717) is 30.8 Å². The molecule has 0 aliphatic carbocycles. The van der Waals surface area contributed by atoms with Crippen LogP contribution in [0.3, 0.4) is 0 Å². The molecule has 0 spiro atoms. The molecule has 0 unspecified atom stereocenters. The van der Waals surface area contributed by atoms with Crippen LogP contribution in [-0.4, -0.2) is 12.6 Å². The van der Waals surface area contributed by atoms with E-state index in [0.717, 1.165) is 12.0 Å². The van der Waals surface area contributed by atoms with Gasteiger partial charge in [0.2, 0.25) is 0 Å². The second-order valence-corrected chi connectivity index (χ2v) is 3.73. The van der Waals surface area contributed by atoms with Gasteiger partial charge in [-0.3, -0.25) is 4.79 Å². The van der Waals surface area contributed by atoms with Crippen LogP contribution in [0.4, 0.5) is 11.4 Å². The summed E-state index contributed by atoms with van der Waals surface area (Å²) in [7, 11) is 0. The van der Waals surface area contributed by atoms with Gasteiger partial charge in [-0.1, -0.05) is 6.92 Å². The first-order valence-electron chi connectivity index (χ1n) is 5.42. The predicted molar refractivity (Wildman–Crippen MR) is 64.8 cm³/mol. The van der Waals surface area contributed by atoms with Gasteiger partial charge in [0.1, 0.15) is 0 Å². The monoisotopic (exact) mass is 222 g/mol. The van der Waals surface area contributed by atoms with Gasteiger partial charge in [-0.2, -0.15) is 0 Å². The largest absolute Gasteiger partial charge is 0.465 e. The van der Waals surface area contributed by atoms with Crippen LogP contribution in [0.5, 0.6) is 0 Å². The fourth-order valence-corrected chi connectivity index (χ4v) is 1.45. The molecule has 1 rings (SSSR count). The van der Waals surface area contributed by atoms with Crippen molar-refractivity contribution >= 4 is 17.3 Å². The average molecular weight is 222 g/mol. The van der Waals surface area contributed by atoms with Gasteiger partial charge >= 0.3 is 5.97 Å². The Balaban J connectivity index is 2.40. The number of hydrogen-bond donors (Lipinski definition) is 2. The quantitative estimate of drug-likeness (QED) is 0.587. The zero-order chi connectivity index (χ0) is 12.0. The fraction of sp³-hybridized carbons (Fsp3) is 0.417. The summed E-state index contributed by atoms with van der Waals surface area (Å²) < 4.78 is 5.05. The number of benzene rings is 1. The molecule has 16 heavy (non-hydrogen) atoms. The molecule has 4 nitrogen and oxygen atoms in total. The van der Waals surface area contributed by atoms with Crippen LogP contribution in [0, 0.1) is 0 Å². The Morgan fingerprint density at radius 1 is 1.25 bits per heavy atom. The van der Waals surface area contributed by atoms with E-state index in [4.69, 9.17) is 16.2 Å². The van der Waals surface area contributed by atoms with Crippen molar-refractivity contribution in [3.05, 3.63) is 23.8 Å². The smallest absolute Gasteiger partial charge is 0.305 e. The third kappa shape index (κ3) is 4.21. The summed E-state index contributed by atoms with van der Waals surface area (Å²) in [6, 6.07) is 5.38. The maximum absolute atomic E-state index is 11.1. The van der Waals surface area contributed by atoms with Gasteiger partial charge in [-0.15, -0.1) is 0 Å². The Labute approximate surface area is 95.6 Å². The van der Waals surface area contributed by atoms with Crippen LogP contribution >= 0.6 is 0 Å². The maximum Gasteiger partial charge on any atom is 0.305 e. The summed E-state index contributed by atoms with van der Waals surface area (Å²) in [6.45, 7) is 2.32. The van der Waals surface area contributed by atoms with Gasteiger partial charge in [0.05, 0.1) is 6.61 Å². The number of carbonyl (C=O) groups excluding carboxylic acids is 1. The number of nitrogen functional groups attached to an aromatic ring is 2. The second kappa shape index (κ2) is 6.00. The number of hydrogen-bond acceptors (Lipinski definition) is 4. The molecule has 0 saturated heterocycles. The zero-order valence-corrected chi connectivity index (χ0v) is 9.53. The highest BCUT2D eigenvalue weighted by atomic mass is 16.5. The van der Waals surface area contributed by atoms with Crippen molar-refractivity contribution in [2.75, 3.05) is 18.1 Å². The lowest BCUT2D eigenvalue weighted by Crippen LogP contribution is -2.07. The van der Waals surface area contributed by atoms with Gasteiger partial charge in [0, 0.05) is 24.2 Å². The van der Waals surface area contributed by atoms with Crippen LogP contribution in [-0.2, 0) is 16.0 Å². The minimum Gasteiger partial charge on any atom is -0.465 e. The number of nitrogens with two attached hydrogens (primary N) is 2. The first-order valence-corrected chi connectivity index (χ1v) is 5.42. The normalized spacial score (nSPS) is 10.1. The molecule has 88 valence electrons. The molecule has 0 fully saturated rings. The summed E-state index contributed by atoms with van der Waals surface area (Å²) >= 11 is 0. The van der Waals surface area contributed by atoms with Crippen LogP contribution in [0.1, 0.15) is 25.3 Å². The number of esters is 1. The van der Waals surface area contributed by atoms with Crippen LogP contribution in [0.25, 0.3) is 0 Å². The first-order chi connectivity index (χ1) is 7.61. The van der Waals surface area contributed by atoms with E-state index in [2.05, 4.69) is 0 Å². The molecule has 0 aromatic heterocycles. The third-order valence-electron chi connectivity index (χ3n) is 2.15. The summed E-state index contributed by atoms with van der Waals surface area (Å²) in [6.07, 6.45) is 1.92. The standard InChI is InChI=1S/C12H18N2O2/c1-2-3-12(15)16-5-4-9-6-10(13)8-11(14)7-9/h6-8H,2-5,13-14H2,1H3. The van der Waals surface area contributed by atoms with Crippen molar-refractivity contribution in [1.29, 1.82) is 0 Å². The highest BCUT2D eigenvalue weighted by Crippen LogP contribution is 2.14. The molecule has 0 aliphatic rings. The lowest BCUT2D eigenvalue weighted by molar-refractivity contribution is -0.143. The molecule has 0 aliphatic heterocycles. The SMILES string of the molecule is CCCC(=O)OCCc1cc(N)cc(N)c1. The molecule has 4 heteroatoms. The molecule has 0 saturated carbocycles. The van der Waals surface area contributed by atoms with Gasteiger partial charge in [-0.05, 0) is 30.2 Å². The van der Waals surface area contributed by atoms with Crippen molar-refractivity contribution in [3.8, 4) is 0 Å². The highest BCUT2D eigenvalue weighted by Gasteiger charge is 2.01. The molecule has 1 aromatic rings. The fourth-order valence-electron chi connectivity index (χ4n) is 1.45. The van der Waals surface area contributed by atoms with Crippen molar-refractivity contribution in [1.82, 2.24) is 0 Å². The molecule has 1 aromatic carbocycles. The zero-order valence-electron chi connectivity index (χ0n) is 9.53. The third-order valence-corrected chi connectivity index (χ3v) is 2.15. The minimum atomic E-state index is -0.153. The summed E-state index contributed by atoms with van der Waals surface area (Å²) in [5.74, 6) is -0.153. The highest BCUT2D eigenvalue weighted by molar-refractivity contribution is 5.69. The van der Waals surface area contributed by atoms with Gasteiger partial charge in [0.15, 0.2) is 0 Å². The lowest BCUT2D eigenvalue weighted by Gasteiger charge is -2.06. The Kier molecular flexibility index (Phi) is 4.64. The van der Waals surface area contributed by atoms with Gasteiger partial charge in [-0.25, -0.2) is 0 Å². The summed E-state index contributed by atoms with van der Waals surface area (Å²) in [5.41, 5.74) is 13.6. The molecule has 0 atom stereocenters. The molecular formula is C12H18N2O2. The van der Waals surface area contributed by atoms with Crippen molar-refractivity contribution in [3.63, 3.8) is 0 Å². The van der Waals surface area contributed by atoms with E-state index >= 15 is 0 Å².